The number of hydrogen-bond donors (Lipinski definition) is 1. The number of aryl methyl sites for hydroxylation is 1. The van der Waals surface area contributed by atoms with Gasteiger partial charge in [0.05, 0.1) is 17.5 Å². The van der Waals surface area contributed by atoms with Crippen LogP contribution in [-0.4, -0.2) is 54.1 Å². The second-order valence-corrected chi connectivity index (χ2v) is 9.69. The van der Waals surface area contributed by atoms with Crippen molar-refractivity contribution in [3.05, 3.63) is 103 Å². The third-order valence-electron chi connectivity index (χ3n) is 7.36. The molecule has 9 heteroatoms. The molecule has 4 heterocycles. The molecule has 3 aromatic heterocycles. The molecule has 1 fully saturated rings. The summed E-state index contributed by atoms with van der Waals surface area (Å²) in [7, 11) is 0. The SMILES string of the molecule is CCn1nc(C(=O)Nc2ccc(C3CCN(C(=O)c4cc(-n5ccnc5)ccn4)CC3)cc2)c2ccccc21. The first-order valence-electron chi connectivity index (χ1n) is 13.2. The van der Waals surface area contributed by atoms with Gasteiger partial charge in [-0.2, -0.15) is 5.10 Å². The van der Waals surface area contributed by atoms with Crippen molar-refractivity contribution in [1.82, 2.24) is 29.2 Å². The van der Waals surface area contributed by atoms with Crippen LogP contribution in [0, 0.1) is 0 Å². The minimum atomic E-state index is -0.219. The molecule has 1 saturated heterocycles. The number of carbonyl (C=O) groups is 2. The highest BCUT2D eigenvalue weighted by molar-refractivity contribution is 6.11. The Balaban J connectivity index is 1.08. The molecule has 0 unspecified atom stereocenters. The highest BCUT2D eigenvalue weighted by Gasteiger charge is 2.25. The van der Waals surface area contributed by atoms with Crippen molar-refractivity contribution in [2.24, 2.45) is 0 Å². The molecule has 0 saturated carbocycles. The number of nitrogens with one attached hydrogen (secondary N) is 1. The maximum atomic E-state index is 13.1. The van der Waals surface area contributed by atoms with Gasteiger partial charge in [0, 0.05) is 49.3 Å². The summed E-state index contributed by atoms with van der Waals surface area (Å²) in [4.78, 5) is 36.4. The Hall–Kier alpha value is -4.79. The largest absolute Gasteiger partial charge is 0.337 e. The molecule has 0 radical (unpaired) electrons. The zero-order valence-electron chi connectivity index (χ0n) is 21.7. The molecule has 39 heavy (non-hydrogen) atoms. The lowest BCUT2D eigenvalue weighted by Crippen LogP contribution is -2.38. The lowest BCUT2D eigenvalue weighted by atomic mass is 9.89. The van der Waals surface area contributed by atoms with Gasteiger partial charge < -0.3 is 14.8 Å². The van der Waals surface area contributed by atoms with E-state index in [9.17, 15) is 9.59 Å². The number of anilines is 1. The molecule has 0 atom stereocenters. The van der Waals surface area contributed by atoms with Crippen LogP contribution in [0.25, 0.3) is 16.6 Å². The molecule has 1 aliphatic heterocycles. The molecule has 6 rings (SSSR count). The smallest absolute Gasteiger partial charge is 0.276 e. The number of nitrogens with zero attached hydrogens (tertiary/aromatic N) is 6. The second-order valence-electron chi connectivity index (χ2n) is 9.69. The summed E-state index contributed by atoms with van der Waals surface area (Å²) >= 11 is 0. The quantitative estimate of drug-likeness (QED) is 0.344. The number of hydrogen-bond acceptors (Lipinski definition) is 5. The predicted octanol–water partition coefficient (Wildman–Crippen LogP) is 4.91. The Kier molecular flexibility index (Phi) is 6.62. The van der Waals surface area contributed by atoms with Crippen LogP contribution in [0.3, 0.4) is 0 Å². The van der Waals surface area contributed by atoms with Gasteiger partial charge in [0.1, 0.15) is 5.69 Å². The standard InChI is InChI=1S/C30H29N7O2/c1-2-37-27-6-4-3-5-25(27)28(34-37)29(38)33-23-9-7-21(8-10-23)22-12-16-35(17-13-22)30(39)26-19-24(11-14-32-26)36-18-15-31-20-36/h3-11,14-15,18-20,22H,2,12-13,16-17H2,1H3,(H,33,38). The van der Waals surface area contributed by atoms with Gasteiger partial charge in [-0.1, -0.05) is 30.3 Å². The highest BCUT2D eigenvalue weighted by atomic mass is 16.2. The van der Waals surface area contributed by atoms with Crippen molar-refractivity contribution in [1.29, 1.82) is 0 Å². The molecule has 0 aliphatic carbocycles. The summed E-state index contributed by atoms with van der Waals surface area (Å²) in [6.07, 6.45) is 8.66. The normalized spacial score (nSPS) is 14.0. The molecule has 1 N–H and O–H groups in total. The molecular formula is C30H29N7O2. The van der Waals surface area contributed by atoms with Gasteiger partial charge in [0.25, 0.3) is 11.8 Å². The Bertz CT molecular complexity index is 1620. The van der Waals surface area contributed by atoms with Crippen LogP contribution in [0.5, 0.6) is 0 Å². The Morgan fingerprint density at radius 3 is 2.54 bits per heavy atom. The number of piperidine rings is 1. The van der Waals surface area contributed by atoms with Crippen LogP contribution in [0.2, 0.25) is 0 Å². The number of aromatic nitrogens is 5. The molecule has 196 valence electrons. The fourth-order valence-corrected chi connectivity index (χ4v) is 5.25. The monoisotopic (exact) mass is 519 g/mol. The van der Waals surface area contributed by atoms with Crippen molar-refractivity contribution < 1.29 is 9.59 Å². The molecular weight excluding hydrogens is 490 g/mol. The van der Waals surface area contributed by atoms with Crippen LogP contribution in [0.15, 0.2) is 85.6 Å². The van der Waals surface area contributed by atoms with E-state index >= 15 is 0 Å². The third-order valence-corrected chi connectivity index (χ3v) is 7.36. The third kappa shape index (κ3) is 4.90. The van der Waals surface area contributed by atoms with Crippen LogP contribution >= 0.6 is 0 Å². The van der Waals surface area contributed by atoms with Crippen molar-refractivity contribution in [3.8, 4) is 5.69 Å². The van der Waals surface area contributed by atoms with E-state index in [0.29, 0.717) is 36.9 Å². The van der Waals surface area contributed by atoms with Gasteiger partial charge in [0.15, 0.2) is 5.69 Å². The zero-order valence-corrected chi connectivity index (χ0v) is 21.7. The zero-order chi connectivity index (χ0) is 26.8. The van der Waals surface area contributed by atoms with Crippen LogP contribution in [0.1, 0.15) is 52.2 Å². The van der Waals surface area contributed by atoms with Crippen LogP contribution < -0.4 is 5.32 Å². The predicted molar refractivity (Wildman–Crippen MR) is 149 cm³/mol. The van der Waals surface area contributed by atoms with E-state index in [0.717, 1.165) is 35.1 Å². The first-order chi connectivity index (χ1) is 19.1. The van der Waals surface area contributed by atoms with E-state index in [2.05, 4.69) is 32.5 Å². The topological polar surface area (TPSA) is 97.9 Å². The fraction of sp³-hybridized carbons (Fsp3) is 0.233. The lowest BCUT2D eigenvalue weighted by Gasteiger charge is -2.32. The second kappa shape index (κ2) is 10.5. The number of benzene rings is 2. The highest BCUT2D eigenvalue weighted by Crippen LogP contribution is 2.30. The summed E-state index contributed by atoms with van der Waals surface area (Å²) in [6.45, 7) is 4.05. The van der Waals surface area contributed by atoms with E-state index in [1.54, 1.807) is 24.8 Å². The van der Waals surface area contributed by atoms with Gasteiger partial charge >= 0.3 is 0 Å². The maximum Gasteiger partial charge on any atom is 0.276 e. The van der Waals surface area contributed by atoms with Gasteiger partial charge in [-0.3, -0.25) is 19.3 Å². The number of imidazole rings is 1. The summed E-state index contributed by atoms with van der Waals surface area (Å²) in [5, 5.41) is 8.36. The minimum absolute atomic E-state index is 0.0495. The molecule has 0 spiro atoms. The van der Waals surface area contributed by atoms with E-state index in [-0.39, 0.29) is 11.8 Å². The number of carbonyl (C=O) groups excluding carboxylic acids is 2. The fourth-order valence-electron chi connectivity index (χ4n) is 5.25. The maximum absolute atomic E-state index is 13.1. The number of pyridine rings is 1. The van der Waals surface area contributed by atoms with E-state index in [1.165, 1.54) is 5.56 Å². The molecule has 1 aliphatic rings. The summed E-state index contributed by atoms with van der Waals surface area (Å²) in [6, 6.07) is 19.5. The summed E-state index contributed by atoms with van der Waals surface area (Å²) in [5.74, 6) is 0.0865. The molecule has 9 nitrogen and oxygen atoms in total. The van der Waals surface area contributed by atoms with E-state index in [1.807, 2.05) is 69.7 Å². The first kappa shape index (κ1) is 24.5. The summed E-state index contributed by atoms with van der Waals surface area (Å²) < 4.78 is 3.70. The summed E-state index contributed by atoms with van der Waals surface area (Å²) in [5.41, 5.74) is 4.62. The van der Waals surface area contributed by atoms with Crippen molar-refractivity contribution in [3.63, 3.8) is 0 Å². The Morgan fingerprint density at radius 1 is 1.00 bits per heavy atom. The molecule has 0 bridgehead atoms. The number of fused-ring (bicyclic) bond motifs is 1. The van der Waals surface area contributed by atoms with Gasteiger partial charge in [-0.15, -0.1) is 0 Å². The van der Waals surface area contributed by atoms with Crippen molar-refractivity contribution >= 4 is 28.4 Å². The number of para-hydroxylation sites is 1. The average molecular weight is 520 g/mol. The van der Waals surface area contributed by atoms with E-state index < -0.39 is 0 Å². The number of amides is 2. The molecule has 5 aromatic rings. The first-order valence-corrected chi connectivity index (χ1v) is 13.2. The Labute approximate surface area is 226 Å². The van der Waals surface area contributed by atoms with Gasteiger partial charge in [-0.25, -0.2) is 4.98 Å². The number of likely N-dealkylation sites (tertiary alicyclic amines) is 1. The van der Waals surface area contributed by atoms with Gasteiger partial charge in [-0.05, 0) is 61.6 Å². The van der Waals surface area contributed by atoms with Crippen molar-refractivity contribution in [2.45, 2.75) is 32.2 Å². The Morgan fingerprint density at radius 2 is 1.79 bits per heavy atom. The van der Waals surface area contributed by atoms with Gasteiger partial charge in [0.2, 0.25) is 0 Å². The van der Waals surface area contributed by atoms with Crippen LogP contribution in [0.4, 0.5) is 5.69 Å². The average Bonchev–Trinajstić information content (AvgIpc) is 3.66. The lowest BCUT2D eigenvalue weighted by molar-refractivity contribution is 0.0707. The number of rotatable bonds is 6. The molecule has 2 aromatic carbocycles. The minimum Gasteiger partial charge on any atom is -0.337 e. The van der Waals surface area contributed by atoms with E-state index in [4.69, 9.17) is 0 Å². The molecule has 2 amide bonds. The van der Waals surface area contributed by atoms with Crippen LogP contribution in [-0.2, 0) is 6.54 Å². The van der Waals surface area contributed by atoms with Crippen molar-refractivity contribution in [2.75, 3.05) is 18.4 Å².